The molecule has 1 fully saturated rings. The van der Waals surface area contributed by atoms with Gasteiger partial charge in [0.15, 0.2) is 5.96 Å². The molecule has 0 radical (unpaired) electrons. The van der Waals surface area contributed by atoms with E-state index in [0.717, 1.165) is 41.9 Å². The second-order valence-electron chi connectivity index (χ2n) is 7.42. The number of hydrogen-bond acceptors (Lipinski definition) is 5. The van der Waals surface area contributed by atoms with E-state index in [1.54, 1.807) is 34.8 Å². The maximum Gasteiger partial charge on any atom is 0.243 e. The highest BCUT2D eigenvalue weighted by molar-refractivity contribution is 14.0. The molecule has 0 aliphatic carbocycles. The van der Waals surface area contributed by atoms with E-state index in [0.29, 0.717) is 37.0 Å². The Kier molecular flexibility index (Phi) is 10.2. The summed E-state index contributed by atoms with van der Waals surface area (Å²) in [6, 6.07) is 7.21. The van der Waals surface area contributed by atoms with Crippen LogP contribution in [-0.2, 0) is 23.0 Å². The number of rotatable bonds is 7. The molecule has 1 saturated heterocycles. The number of guanidine groups is 1. The molecule has 31 heavy (non-hydrogen) atoms. The molecule has 1 aromatic heterocycles. The van der Waals surface area contributed by atoms with E-state index in [-0.39, 0.29) is 24.0 Å². The first-order valence-corrected chi connectivity index (χ1v) is 12.6. The largest absolute Gasteiger partial charge is 0.356 e. The van der Waals surface area contributed by atoms with Crippen LogP contribution in [0.5, 0.6) is 0 Å². The Morgan fingerprint density at radius 2 is 1.87 bits per heavy atom. The zero-order valence-electron chi connectivity index (χ0n) is 18.3. The van der Waals surface area contributed by atoms with Crippen LogP contribution in [0.4, 0.5) is 0 Å². The molecular formula is C21H32IN5O2S2. The number of benzene rings is 1. The number of hydrogen-bond donors (Lipinski definition) is 2. The van der Waals surface area contributed by atoms with Crippen molar-refractivity contribution in [1.82, 2.24) is 19.9 Å². The average molecular weight is 578 g/mol. The lowest BCUT2D eigenvalue weighted by Crippen LogP contribution is -2.39. The number of aromatic nitrogens is 1. The third-order valence-electron chi connectivity index (χ3n) is 5.28. The molecule has 0 amide bonds. The third kappa shape index (κ3) is 6.87. The molecule has 10 heteroatoms. The fourth-order valence-corrected chi connectivity index (χ4v) is 6.15. The summed E-state index contributed by atoms with van der Waals surface area (Å²) in [5, 5.41) is 7.63. The Morgan fingerprint density at radius 1 is 1.16 bits per heavy atom. The Labute approximate surface area is 206 Å². The van der Waals surface area contributed by atoms with Crippen molar-refractivity contribution in [2.45, 2.75) is 51.0 Å². The van der Waals surface area contributed by atoms with E-state index in [1.165, 1.54) is 4.88 Å². The first-order chi connectivity index (χ1) is 14.4. The molecule has 0 atom stereocenters. The van der Waals surface area contributed by atoms with E-state index in [4.69, 9.17) is 0 Å². The van der Waals surface area contributed by atoms with E-state index in [2.05, 4.69) is 27.5 Å². The predicted molar refractivity (Wildman–Crippen MR) is 138 cm³/mol. The molecule has 1 aliphatic heterocycles. The van der Waals surface area contributed by atoms with Crippen molar-refractivity contribution >= 4 is 51.3 Å². The summed E-state index contributed by atoms with van der Waals surface area (Å²) >= 11 is 1.72. The summed E-state index contributed by atoms with van der Waals surface area (Å²) in [5.41, 5.74) is 1.83. The molecule has 1 aromatic carbocycles. The number of aliphatic imine (C=N–C) groups is 1. The number of aryl methyl sites for hydroxylation is 2. The van der Waals surface area contributed by atoms with Crippen LogP contribution in [0.1, 0.15) is 40.4 Å². The van der Waals surface area contributed by atoms with Gasteiger partial charge in [-0.05, 0) is 38.3 Å². The van der Waals surface area contributed by atoms with Crippen molar-refractivity contribution in [3.63, 3.8) is 0 Å². The van der Waals surface area contributed by atoms with Gasteiger partial charge in [-0.1, -0.05) is 24.6 Å². The number of piperidine rings is 1. The van der Waals surface area contributed by atoms with E-state index < -0.39 is 10.0 Å². The topological polar surface area (TPSA) is 86.7 Å². The number of sulfonamides is 1. The number of nitrogens with one attached hydrogen (secondary N) is 2. The Bertz CT molecular complexity index is 966. The smallest absolute Gasteiger partial charge is 0.243 e. The summed E-state index contributed by atoms with van der Waals surface area (Å²) in [7, 11) is -1.76. The van der Waals surface area contributed by atoms with Gasteiger partial charge in [-0.15, -0.1) is 35.3 Å². The minimum absolute atomic E-state index is 0. The van der Waals surface area contributed by atoms with Crippen LogP contribution in [0, 0.1) is 13.8 Å². The Morgan fingerprint density at radius 3 is 2.52 bits per heavy atom. The van der Waals surface area contributed by atoms with Gasteiger partial charge in [0.25, 0.3) is 0 Å². The van der Waals surface area contributed by atoms with Gasteiger partial charge in [-0.25, -0.2) is 13.4 Å². The molecule has 2 heterocycles. The predicted octanol–water partition coefficient (Wildman–Crippen LogP) is 3.46. The van der Waals surface area contributed by atoms with Gasteiger partial charge < -0.3 is 10.6 Å². The maximum atomic E-state index is 13.1. The highest BCUT2D eigenvalue weighted by atomic mass is 127. The molecular weight excluding hydrogens is 545 g/mol. The molecule has 0 unspecified atom stereocenters. The first kappa shape index (κ1) is 26.0. The number of thiazole rings is 1. The molecule has 0 spiro atoms. The summed E-state index contributed by atoms with van der Waals surface area (Å²) in [6.45, 7) is 6.41. The summed E-state index contributed by atoms with van der Waals surface area (Å²) in [4.78, 5) is 10.4. The Hall–Kier alpha value is -1.24. The van der Waals surface area contributed by atoms with Crippen LogP contribution in [0.15, 0.2) is 34.2 Å². The van der Waals surface area contributed by atoms with Crippen molar-refractivity contribution < 1.29 is 8.42 Å². The van der Waals surface area contributed by atoms with Crippen LogP contribution in [0.25, 0.3) is 0 Å². The van der Waals surface area contributed by atoms with Gasteiger partial charge in [0, 0.05) is 44.5 Å². The van der Waals surface area contributed by atoms with Crippen LogP contribution >= 0.6 is 35.3 Å². The van der Waals surface area contributed by atoms with Crippen LogP contribution in [0.3, 0.4) is 0 Å². The van der Waals surface area contributed by atoms with E-state index in [1.807, 2.05) is 19.1 Å². The zero-order valence-corrected chi connectivity index (χ0v) is 22.3. The van der Waals surface area contributed by atoms with Gasteiger partial charge in [0.1, 0.15) is 0 Å². The van der Waals surface area contributed by atoms with E-state index in [9.17, 15) is 8.42 Å². The fraction of sp³-hybridized carbons (Fsp3) is 0.524. The molecule has 3 rings (SSSR count). The SMILES string of the molecule is CN=C(NCCc1nc(C)c(C)s1)NCc1ccccc1S(=O)(=O)N1CCCCC1.I. The first-order valence-electron chi connectivity index (χ1n) is 10.4. The molecule has 0 saturated carbocycles. The second-order valence-corrected chi connectivity index (χ2v) is 10.6. The summed E-state index contributed by atoms with van der Waals surface area (Å²) in [6.07, 6.45) is 3.76. The maximum absolute atomic E-state index is 13.1. The molecule has 7 nitrogen and oxygen atoms in total. The number of halogens is 1. The van der Waals surface area contributed by atoms with Gasteiger partial charge in [0.2, 0.25) is 10.0 Å². The highest BCUT2D eigenvalue weighted by Gasteiger charge is 2.27. The third-order valence-corrected chi connectivity index (χ3v) is 8.41. The van der Waals surface area contributed by atoms with Gasteiger partial charge in [-0.2, -0.15) is 4.31 Å². The minimum Gasteiger partial charge on any atom is -0.356 e. The normalized spacial score (nSPS) is 15.4. The van der Waals surface area contributed by atoms with Gasteiger partial charge in [0.05, 0.1) is 15.6 Å². The van der Waals surface area contributed by atoms with Crippen molar-refractivity contribution in [3.8, 4) is 0 Å². The molecule has 1 aliphatic rings. The van der Waals surface area contributed by atoms with Crippen LogP contribution in [0.2, 0.25) is 0 Å². The lowest BCUT2D eigenvalue weighted by Gasteiger charge is -2.27. The quantitative estimate of drug-likeness (QED) is 0.299. The lowest BCUT2D eigenvalue weighted by molar-refractivity contribution is 0.346. The van der Waals surface area contributed by atoms with Crippen molar-refractivity contribution in [3.05, 3.63) is 45.4 Å². The van der Waals surface area contributed by atoms with Crippen molar-refractivity contribution in [1.29, 1.82) is 0 Å². The van der Waals surface area contributed by atoms with E-state index >= 15 is 0 Å². The molecule has 2 N–H and O–H groups in total. The fourth-order valence-electron chi connectivity index (χ4n) is 3.48. The molecule has 2 aromatic rings. The highest BCUT2D eigenvalue weighted by Crippen LogP contribution is 2.23. The van der Waals surface area contributed by atoms with Crippen molar-refractivity contribution in [2.24, 2.45) is 4.99 Å². The van der Waals surface area contributed by atoms with Gasteiger partial charge in [-0.3, -0.25) is 4.99 Å². The Balaban J connectivity index is 0.00000341. The zero-order chi connectivity index (χ0) is 21.6. The monoisotopic (exact) mass is 577 g/mol. The standard InChI is InChI=1S/C21H31N5O2S2.HI/c1-16-17(2)29-20(25-16)11-12-23-21(22-3)24-15-18-9-5-6-10-19(18)30(27,28)26-13-7-4-8-14-26;/h5-6,9-10H,4,7-8,11-15H2,1-3H3,(H2,22,23,24);1H. The van der Waals surface area contributed by atoms with Gasteiger partial charge >= 0.3 is 0 Å². The van der Waals surface area contributed by atoms with Crippen molar-refractivity contribution in [2.75, 3.05) is 26.7 Å². The lowest BCUT2D eigenvalue weighted by atomic mass is 10.2. The summed E-state index contributed by atoms with van der Waals surface area (Å²) in [5.74, 6) is 0.644. The van der Waals surface area contributed by atoms with Crippen LogP contribution in [-0.4, -0.2) is 50.3 Å². The number of nitrogens with zero attached hydrogens (tertiary/aromatic N) is 3. The molecule has 0 bridgehead atoms. The summed E-state index contributed by atoms with van der Waals surface area (Å²) < 4.78 is 27.9. The van der Waals surface area contributed by atoms with Crippen LogP contribution < -0.4 is 10.6 Å². The average Bonchev–Trinajstić information content (AvgIpc) is 3.08. The second kappa shape index (κ2) is 12.1. The minimum atomic E-state index is -3.48. The molecule has 172 valence electrons.